The molecule has 0 aliphatic carbocycles. The van der Waals surface area contributed by atoms with E-state index in [-0.39, 0.29) is 23.4 Å². The van der Waals surface area contributed by atoms with Gasteiger partial charge in [0, 0.05) is 24.7 Å². The van der Waals surface area contributed by atoms with E-state index in [9.17, 15) is 14.9 Å². The van der Waals surface area contributed by atoms with E-state index in [0.717, 1.165) is 0 Å². The van der Waals surface area contributed by atoms with E-state index in [1.165, 1.54) is 18.2 Å². The van der Waals surface area contributed by atoms with Crippen molar-refractivity contribution in [2.75, 3.05) is 11.9 Å². The van der Waals surface area contributed by atoms with Gasteiger partial charge in [-0.15, -0.1) is 0 Å². The molecule has 1 aromatic carbocycles. The number of amides is 1. The van der Waals surface area contributed by atoms with Gasteiger partial charge in [-0.3, -0.25) is 14.9 Å². The fraction of sp³-hybridized carbons (Fsp3) is 0.250. The molecule has 1 amide bonds. The lowest BCUT2D eigenvalue weighted by Gasteiger charge is -2.08. The summed E-state index contributed by atoms with van der Waals surface area (Å²) in [5.74, 6) is -0.147. The van der Waals surface area contributed by atoms with Crippen LogP contribution in [0.4, 0.5) is 11.4 Å². The van der Waals surface area contributed by atoms with Crippen molar-refractivity contribution in [2.45, 2.75) is 13.0 Å². The van der Waals surface area contributed by atoms with E-state index in [0.29, 0.717) is 23.2 Å². The van der Waals surface area contributed by atoms with Crippen LogP contribution in [0.15, 0.2) is 22.6 Å². The average molecular weight is 261 g/mol. The molecule has 0 saturated heterocycles. The summed E-state index contributed by atoms with van der Waals surface area (Å²) in [6, 6.07) is 4.23. The number of non-ortho nitro benzene ring substituents is 1. The second-order valence-electron chi connectivity index (χ2n) is 4.50. The zero-order valence-electron chi connectivity index (χ0n) is 10.1. The largest absolute Gasteiger partial charge is 0.449 e. The molecule has 19 heavy (non-hydrogen) atoms. The molecule has 2 aromatic rings. The first kappa shape index (κ1) is 11.5. The smallest absolute Gasteiger partial charge is 0.289 e. The van der Waals surface area contributed by atoms with Gasteiger partial charge in [0.05, 0.1) is 16.0 Å². The fourth-order valence-corrected chi connectivity index (χ4v) is 2.13. The second kappa shape index (κ2) is 3.98. The van der Waals surface area contributed by atoms with Crippen LogP contribution >= 0.6 is 0 Å². The normalized spacial score (nSPS) is 18.4. The maximum absolute atomic E-state index is 11.9. The molecule has 0 spiro atoms. The maximum atomic E-state index is 11.9. The minimum absolute atomic E-state index is 0.0318. The Labute approximate surface area is 107 Å². The molecular formula is C12H11N3O4. The van der Waals surface area contributed by atoms with Gasteiger partial charge >= 0.3 is 0 Å². The molecule has 98 valence electrons. The third kappa shape index (κ3) is 1.79. The summed E-state index contributed by atoms with van der Waals surface area (Å²) in [5, 5.41) is 17.2. The van der Waals surface area contributed by atoms with E-state index < -0.39 is 4.92 Å². The van der Waals surface area contributed by atoms with Gasteiger partial charge in [0.1, 0.15) is 5.58 Å². The van der Waals surface area contributed by atoms with Gasteiger partial charge < -0.3 is 15.1 Å². The number of rotatable bonds is 1. The number of carbonyl (C=O) groups is 1. The lowest BCUT2D eigenvalue weighted by atomic mass is 10.2. The predicted molar refractivity (Wildman–Crippen MR) is 68.3 cm³/mol. The van der Waals surface area contributed by atoms with Gasteiger partial charge in [0.15, 0.2) is 0 Å². The molecule has 2 N–H and O–H groups in total. The number of nitro benzene ring substituents is 1. The second-order valence-corrected chi connectivity index (χ2v) is 4.50. The lowest BCUT2D eigenvalue weighted by Crippen LogP contribution is -2.34. The predicted octanol–water partition coefficient (Wildman–Crippen LogP) is 1.88. The maximum Gasteiger partial charge on any atom is 0.289 e. The van der Waals surface area contributed by atoms with Gasteiger partial charge in [-0.25, -0.2) is 0 Å². The average Bonchev–Trinajstić information content (AvgIpc) is 2.67. The zero-order valence-corrected chi connectivity index (χ0v) is 10.1. The quantitative estimate of drug-likeness (QED) is 0.603. The minimum atomic E-state index is -0.474. The van der Waals surface area contributed by atoms with Crippen molar-refractivity contribution in [3.05, 3.63) is 34.1 Å². The molecule has 0 bridgehead atoms. The molecule has 1 atom stereocenters. The number of carbonyl (C=O) groups excluding carboxylic acids is 1. The van der Waals surface area contributed by atoms with Gasteiger partial charge in [0.2, 0.25) is 5.76 Å². The minimum Gasteiger partial charge on any atom is -0.449 e. The van der Waals surface area contributed by atoms with E-state index in [1.807, 2.05) is 6.92 Å². The van der Waals surface area contributed by atoms with Gasteiger partial charge in [-0.05, 0) is 13.0 Å². The molecule has 0 saturated carbocycles. The summed E-state index contributed by atoms with van der Waals surface area (Å²) in [6.07, 6.45) is 0. The standard InChI is InChI=1S/C12H11N3O4/c1-6-5-13-10-8-4-7(15(17)18)2-3-9(8)19-11(10)12(16)14-6/h2-4,6,13H,5H2,1H3,(H,14,16)/t6-/m0/s1. The van der Waals surface area contributed by atoms with Crippen LogP contribution < -0.4 is 10.6 Å². The molecule has 1 aromatic heterocycles. The van der Waals surface area contributed by atoms with Crippen LogP contribution in [0.2, 0.25) is 0 Å². The molecule has 7 heteroatoms. The Morgan fingerprint density at radius 2 is 2.26 bits per heavy atom. The summed E-state index contributed by atoms with van der Waals surface area (Å²) in [4.78, 5) is 22.2. The van der Waals surface area contributed by atoms with Gasteiger partial charge in [0.25, 0.3) is 11.6 Å². The Morgan fingerprint density at radius 1 is 1.47 bits per heavy atom. The number of nitro groups is 1. The monoisotopic (exact) mass is 261 g/mol. The van der Waals surface area contributed by atoms with Crippen molar-refractivity contribution in [1.82, 2.24) is 5.32 Å². The number of hydrogen-bond donors (Lipinski definition) is 2. The molecule has 0 unspecified atom stereocenters. The first-order chi connectivity index (χ1) is 9.06. The van der Waals surface area contributed by atoms with Gasteiger partial charge in [-0.1, -0.05) is 0 Å². The van der Waals surface area contributed by atoms with E-state index in [4.69, 9.17) is 4.42 Å². The molecule has 2 heterocycles. The molecule has 1 aliphatic heterocycles. The van der Waals surface area contributed by atoms with Crippen LogP contribution in [-0.2, 0) is 0 Å². The number of hydrogen-bond acceptors (Lipinski definition) is 5. The van der Waals surface area contributed by atoms with E-state index >= 15 is 0 Å². The highest BCUT2D eigenvalue weighted by molar-refractivity contribution is 6.07. The molecule has 3 rings (SSSR count). The SMILES string of the molecule is C[C@H]1CNc2c(oc3ccc([N+](=O)[O-])cc23)C(=O)N1. The number of nitrogens with zero attached hydrogens (tertiary/aromatic N) is 1. The molecule has 0 fully saturated rings. The lowest BCUT2D eigenvalue weighted by molar-refractivity contribution is -0.384. The number of benzene rings is 1. The Kier molecular flexibility index (Phi) is 2.41. The van der Waals surface area contributed by atoms with Crippen LogP contribution in [-0.4, -0.2) is 23.4 Å². The number of anilines is 1. The van der Waals surface area contributed by atoms with Crippen molar-refractivity contribution >= 4 is 28.3 Å². The summed E-state index contributed by atoms with van der Waals surface area (Å²) in [6.45, 7) is 2.40. The first-order valence-electron chi connectivity index (χ1n) is 5.82. The van der Waals surface area contributed by atoms with Gasteiger partial charge in [-0.2, -0.15) is 0 Å². The van der Waals surface area contributed by atoms with Crippen LogP contribution in [0.25, 0.3) is 11.0 Å². The van der Waals surface area contributed by atoms with Crippen molar-refractivity contribution in [3.8, 4) is 0 Å². The third-order valence-electron chi connectivity index (χ3n) is 3.05. The van der Waals surface area contributed by atoms with Crippen LogP contribution in [0.1, 0.15) is 17.5 Å². The van der Waals surface area contributed by atoms with Crippen LogP contribution in [0, 0.1) is 10.1 Å². The highest BCUT2D eigenvalue weighted by Crippen LogP contribution is 2.34. The highest BCUT2D eigenvalue weighted by Gasteiger charge is 2.26. The van der Waals surface area contributed by atoms with E-state index in [1.54, 1.807) is 0 Å². The van der Waals surface area contributed by atoms with E-state index in [2.05, 4.69) is 10.6 Å². The van der Waals surface area contributed by atoms with Crippen molar-refractivity contribution in [1.29, 1.82) is 0 Å². The van der Waals surface area contributed by atoms with Crippen molar-refractivity contribution < 1.29 is 14.1 Å². The van der Waals surface area contributed by atoms with Crippen LogP contribution in [0.5, 0.6) is 0 Å². The summed E-state index contributed by atoms with van der Waals surface area (Å²) < 4.78 is 5.47. The molecule has 1 aliphatic rings. The van der Waals surface area contributed by atoms with Crippen molar-refractivity contribution in [2.24, 2.45) is 0 Å². The Morgan fingerprint density at radius 3 is 3.00 bits per heavy atom. The number of nitrogens with one attached hydrogen (secondary N) is 2. The van der Waals surface area contributed by atoms with Crippen molar-refractivity contribution in [3.63, 3.8) is 0 Å². The fourth-order valence-electron chi connectivity index (χ4n) is 2.13. The zero-order chi connectivity index (χ0) is 13.6. The summed E-state index contributed by atoms with van der Waals surface area (Å²) in [5.41, 5.74) is 0.934. The highest BCUT2D eigenvalue weighted by atomic mass is 16.6. The number of fused-ring (bicyclic) bond motifs is 3. The Balaban J connectivity index is 2.21. The molecule has 7 nitrogen and oxygen atoms in total. The topological polar surface area (TPSA) is 97.4 Å². The number of furan rings is 1. The summed E-state index contributed by atoms with van der Waals surface area (Å²) >= 11 is 0. The first-order valence-corrected chi connectivity index (χ1v) is 5.82. The molecular weight excluding hydrogens is 250 g/mol. The molecule has 0 radical (unpaired) electrons. The van der Waals surface area contributed by atoms with Crippen LogP contribution in [0.3, 0.4) is 0 Å². The Hall–Kier alpha value is -2.57. The third-order valence-corrected chi connectivity index (χ3v) is 3.05. The summed E-state index contributed by atoms with van der Waals surface area (Å²) in [7, 11) is 0. The Bertz CT molecular complexity index is 692.